The molecule has 0 atom stereocenters. The van der Waals surface area contributed by atoms with Crippen LogP contribution in [0.2, 0.25) is 0 Å². The first-order valence-corrected chi connectivity index (χ1v) is 4.14. The van der Waals surface area contributed by atoms with Gasteiger partial charge in [0.1, 0.15) is 5.75 Å². The van der Waals surface area contributed by atoms with Crippen molar-refractivity contribution in [2.45, 2.75) is 6.92 Å². The van der Waals surface area contributed by atoms with Crippen molar-refractivity contribution in [1.82, 2.24) is 10.2 Å². The number of carbonyl (C=O) groups is 1. The maximum atomic E-state index is 10.7. The van der Waals surface area contributed by atoms with Gasteiger partial charge in [-0.15, -0.1) is 0 Å². The molecule has 0 radical (unpaired) electrons. The average molecular weight is 188 g/mol. The lowest BCUT2D eigenvalue weighted by molar-refractivity contribution is -0.131. The first-order chi connectivity index (χ1) is 6.75. The monoisotopic (exact) mass is 188 g/mol. The van der Waals surface area contributed by atoms with Gasteiger partial charge in [0.2, 0.25) is 0 Å². The Labute approximate surface area is 80.5 Å². The predicted octanol–water partition coefficient (Wildman–Crippen LogP) is 1.56. The molecule has 1 aromatic heterocycles. The van der Waals surface area contributed by atoms with Gasteiger partial charge in [-0.2, -0.15) is 10.2 Å². The van der Waals surface area contributed by atoms with Crippen LogP contribution in [-0.2, 0) is 4.79 Å². The first kappa shape index (κ1) is 8.62. The molecule has 70 valence electrons. The standard InChI is InChI=1S/C10H8N2O2/c1-7(13)14-10-3-2-8-5-11-12-6-9(8)4-10/h2-6H,1H3. The maximum absolute atomic E-state index is 10.7. The summed E-state index contributed by atoms with van der Waals surface area (Å²) in [5.41, 5.74) is 0. The van der Waals surface area contributed by atoms with Crippen LogP contribution in [0, 0.1) is 0 Å². The third kappa shape index (κ3) is 1.69. The van der Waals surface area contributed by atoms with E-state index in [1.165, 1.54) is 6.92 Å². The molecule has 0 aliphatic carbocycles. The molecule has 0 fully saturated rings. The van der Waals surface area contributed by atoms with E-state index in [1.807, 2.05) is 6.07 Å². The van der Waals surface area contributed by atoms with E-state index in [-0.39, 0.29) is 5.97 Å². The number of ether oxygens (including phenoxy) is 1. The number of benzene rings is 1. The summed E-state index contributed by atoms with van der Waals surface area (Å²) in [4.78, 5) is 10.7. The molecule has 0 unspecified atom stereocenters. The second-order valence-electron chi connectivity index (χ2n) is 2.87. The minimum Gasteiger partial charge on any atom is -0.427 e. The lowest BCUT2D eigenvalue weighted by Crippen LogP contribution is -2.00. The first-order valence-electron chi connectivity index (χ1n) is 4.14. The predicted molar refractivity (Wildman–Crippen MR) is 50.8 cm³/mol. The summed E-state index contributed by atoms with van der Waals surface area (Å²) in [6.07, 6.45) is 3.29. The van der Waals surface area contributed by atoms with Gasteiger partial charge in [-0.1, -0.05) is 0 Å². The molecule has 0 amide bonds. The van der Waals surface area contributed by atoms with Crippen LogP contribution in [0.1, 0.15) is 6.92 Å². The molecule has 0 aliphatic heterocycles. The summed E-state index contributed by atoms with van der Waals surface area (Å²) in [5.74, 6) is 0.198. The highest BCUT2D eigenvalue weighted by Crippen LogP contribution is 2.18. The Hall–Kier alpha value is -1.97. The molecule has 4 nitrogen and oxygen atoms in total. The summed E-state index contributed by atoms with van der Waals surface area (Å²) in [7, 11) is 0. The number of fused-ring (bicyclic) bond motifs is 1. The van der Waals surface area contributed by atoms with Gasteiger partial charge in [-0.05, 0) is 18.2 Å². The number of rotatable bonds is 1. The van der Waals surface area contributed by atoms with Gasteiger partial charge in [0, 0.05) is 17.7 Å². The van der Waals surface area contributed by atoms with E-state index in [4.69, 9.17) is 4.74 Å². The highest BCUT2D eigenvalue weighted by atomic mass is 16.5. The van der Waals surface area contributed by atoms with Crippen molar-refractivity contribution < 1.29 is 9.53 Å². The van der Waals surface area contributed by atoms with Crippen molar-refractivity contribution >= 4 is 16.7 Å². The topological polar surface area (TPSA) is 52.1 Å². The quantitative estimate of drug-likeness (QED) is 0.503. The summed E-state index contributed by atoms with van der Waals surface area (Å²) in [6, 6.07) is 5.32. The molecule has 2 rings (SSSR count). The van der Waals surface area contributed by atoms with E-state index in [0.717, 1.165) is 10.8 Å². The van der Waals surface area contributed by atoms with E-state index in [2.05, 4.69) is 10.2 Å². The fourth-order valence-corrected chi connectivity index (χ4v) is 1.20. The van der Waals surface area contributed by atoms with Gasteiger partial charge >= 0.3 is 5.97 Å². The van der Waals surface area contributed by atoms with Crippen LogP contribution in [0.3, 0.4) is 0 Å². The highest BCUT2D eigenvalue weighted by Gasteiger charge is 1.99. The van der Waals surface area contributed by atoms with E-state index < -0.39 is 0 Å². The number of esters is 1. The molecule has 4 heteroatoms. The Balaban J connectivity index is 2.46. The maximum Gasteiger partial charge on any atom is 0.308 e. The minimum absolute atomic E-state index is 0.327. The summed E-state index contributed by atoms with van der Waals surface area (Å²) >= 11 is 0. The van der Waals surface area contributed by atoms with Crippen LogP contribution in [-0.4, -0.2) is 16.2 Å². The summed E-state index contributed by atoms with van der Waals surface area (Å²) in [5, 5.41) is 9.36. The van der Waals surface area contributed by atoms with Crippen LogP contribution in [0.15, 0.2) is 30.6 Å². The number of nitrogens with zero attached hydrogens (tertiary/aromatic N) is 2. The van der Waals surface area contributed by atoms with Crippen molar-refractivity contribution in [1.29, 1.82) is 0 Å². The third-order valence-electron chi connectivity index (χ3n) is 1.78. The largest absolute Gasteiger partial charge is 0.427 e. The zero-order valence-electron chi connectivity index (χ0n) is 7.60. The van der Waals surface area contributed by atoms with Crippen molar-refractivity contribution in [3.05, 3.63) is 30.6 Å². The fraction of sp³-hybridized carbons (Fsp3) is 0.100. The molecule has 0 spiro atoms. The van der Waals surface area contributed by atoms with Crippen molar-refractivity contribution in [2.75, 3.05) is 0 Å². The summed E-state index contributed by atoms with van der Waals surface area (Å²) in [6.45, 7) is 1.37. The number of aromatic nitrogens is 2. The van der Waals surface area contributed by atoms with Gasteiger partial charge in [-0.3, -0.25) is 4.79 Å². The van der Waals surface area contributed by atoms with Crippen LogP contribution in [0.4, 0.5) is 0 Å². The smallest absolute Gasteiger partial charge is 0.308 e. The lowest BCUT2D eigenvalue weighted by atomic mass is 10.2. The molecule has 0 N–H and O–H groups in total. The van der Waals surface area contributed by atoms with Gasteiger partial charge in [-0.25, -0.2) is 0 Å². The molecule has 0 saturated heterocycles. The van der Waals surface area contributed by atoms with Crippen molar-refractivity contribution in [2.24, 2.45) is 0 Å². The van der Waals surface area contributed by atoms with Gasteiger partial charge in [0.15, 0.2) is 0 Å². The number of hydrogen-bond acceptors (Lipinski definition) is 4. The Morgan fingerprint density at radius 2 is 1.93 bits per heavy atom. The molecule has 1 heterocycles. The molecule has 0 aliphatic rings. The minimum atomic E-state index is -0.327. The third-order valence-corrected chi connectivity index (χ3v) is 1.78. The Bertz CT molecular complexity index is 482. The second kappa shape index (κ2) is 3.41. The molecule has 0 saturated carbocycles. The number of carbonyl (C=O) groups excluding carboxylic acids is 1. The van der Waals surface area contributed by atoms with Gasteiger partial charge in [0.05, 0.1) is 12.4 Å². The molecule has 0 bridgehead atoms. The van der Waals surface area contributed by atoms with E-state index in [9.17, 15) is 4.79 Å². The van der Waals surface area contributed by atoms with Crippen molar-refractivity contribution in [3.8, 4) is 5.75 Å². The van der Waals surface area contributed by atoms with Crippen LogP contribution >= 0.6 is 0 Å². The number of hydrogen-bond donors (Lipinski definition) is 0. The summed E-state index contributed by atoms with van der Waals surface area (Å²) < 4.78 is 4.94. The molecule has 14 heavy (non-hydrogen) atoms. The zero-order valence-corrected chi connectivity index (χ0v) is 7.60. The fourth-order valence-electron chi connectivity index (χ4n) is 1.20. The van der Waals surface area contributed by atoms with E-state index in [0.29, 0.717) is 5.75 Å². The Morgan fingerprint density at radius 3 is 2.64 bits per heavy atom. The second-order valence-corrected chi connectivity index (χ2v) is 2.87. The lowest BCUT2D eigenvalue weighted by Gasteiger charge is -2.01. The van der Waals surface area contributed by atoms with Gasteiger partial charge < -0.3 is 4.74 Å². The SMILES string of the molecule is CC(=O)Oc1ccc2cnncc2c1. The van der Waals surface area contributed by atoms with Crippen LogP contribution in [0.25, 0.3) is 10.8 Å². The van der Waals surface area contributed by atoms with E-state index >= 15 is 0 Å². The van der Waals surface area contributed by atoms with Gasteiger partial charge in [0.25, 0.3) is 0 Å². The van der Waals surface area contributed by atoms with Crippen LogP contribution in [0.5, 0.6) is 5.75 Å². The highest BCUT2D eigenvalue weighted by molar-refractivity contribution is 5.83. The molecule has 1 aromatic carbocycles. The normalized spacial score (nSPS) is 10.1. The molecular weight excluding hydrogens is 180 g/mol. The molecular formula is C10H8N2O2. The van der Waals surface area contributed by atoms with Crippen molar-refractivity contribution in [3.63, 3.8) is 0 Å². The Morgan fingerprint density at radius 1 is 1.21 bits per heavy atom. The van der Waals surface area contributed by atoms with Crippen LogP contribution < -0.4 is 4.74 Å². The zero-order chi connectivity index (χ0) is 9.97. The average Bonchev–Trinajstić information content (AvgIpc) is 2.17. The molecule has 2 aromatic rings. The Kier molecular flexibility index (Phi) is 2.10. The van der Waals surface area contributed by atoms with E-state index in [1.54, 1.807) is 24.5 Å².